The van der Waals surface area contributed by atoms with Crippen LogP contribution >= 0.6 is 24.0 Å². The van der Waals surface area contributed by atoms with Crippen LogP contribution in [0, 0.1) is 0 Å². The van der Waals surface area contributed by atoms with E-state index in [-0.39, 0.29) is 21.7 Å². The molecular weight excluding hydrogens is 392 g/mol. The van der Waals surface area contributed by atoms with Gasteiger partial charge in [-0.3, -0.25) is 15.6 Å². The molecule has 0 saturated carbocycles. The van der Waals surface area contributed by atoms with Crippen LogP contribution in [0.5, 0.6) is 0 Å². The third-order valence-corrected chi connectivity index (χ3v) is 5.24. The molecule has 26 heavy (non-hydrogen) atoms. The van der Waals surface area contributed by atoms with E-state index >= 15 is 0 Å². The zero-order valence-corrected chi connectivity index (χ0v) is 16.1. The monoisotopic (exact) mass is 410 g/mol. The van der Waals surface area contributed by atoms with E-state index in [4.69, 9.17) is 17.4 Å². The maximum absolute atomic E-state index is 11.8. The summed E-state index contributed by atoms with van der Waals surface area (Å²) in [5, 5.41) is 8.03. The number of benzene rings is 2. The molecule has 138 valence electrons. The summed E-state index contributed by atoms with van der Waals surface area (Å²) in [6.07, 6.45) is 0. The molecule has 2 aromatic carbocycles. The summed E-state index contributed by atoms with van der Waals surface area (Å²) in [6.45, 7) is 0. The molecule has 0 spiro atoms. The highest BCUT2D eigenvalue weighted by molar-refractivity contribution is 7.99. The van der Waals surface area contributed by atoms with Gasteiger partial charge in [0.15, 0.2) is 5.11 Å². The Labute approximate surface area is 161 Å². The number of hydrogen-bond donors (Lipinski definition) is 4. The van der Waals surface area contributed by atoms with Crippen molar-refractivity contribution in [2.45, 2.75) is 10.6 Å². The highest BCUT2D eigenvalue weighted by Gasteiger charge is 2.07. The number of anilines is 1. The van der Waals surface area contributed by atoms with Crippen LogP contribution in [0.4, 0.5) is 5.69 Å². The topological polar surface area (TPSA) is 113 Å². The maximum Gasteiger partial charge on any atom is 0.248 e. The lowest BCUT2D eigenvalue weighted by molar-refractivity contribution is -0.119. The zero-order chi connectivity index (χ0) is 19.0. The Morgan fingerprint density at radius 1 is 1.04 bits per heavy atom. The van der Waals surface area contributed by atoms with E-state index in [0.717, 1.165) is 11.3 Å². The average Bonchev–Trinajstić information content (AvgIpc) is 2.60. The number of sulfonamides is 1. The van der Waals surface area contributed by atoms with E-state index in [2.05, 4.69) is 16.2 Å². The van der Waals surface area contributed by atoms with Gasteiger partial charge in [0.05, 0.1) is 10.6 Å². The predicted molar refractivity (Wildman–Crippen MR) is 108 cm³/mol. The molecule has 0 aromatic heterocycles. The van der Waals surface area contributed by atoms with Gasteiger partial charge >= 0.3 is 0 Å². The summed E-state index contributed by atoms with van der Waals surface area (Å²) in [4.78, 5) is 11.8. The van der Waals surface area contributed by atoms with Crippen molar-refractivity contribution in [3.8, 4) is 0 Å². The van der Waals surface area contributed by atoms with Gasteiger partial charge in [-0.2, -0.15) is 0 Å². The Morgan fingerprint density at radius 3 is 2.31 bits per heavy atom. The van der Waals surface area contributed by atoms with Crippen LogP contribution < -0.4 is 21.3 Å². The summed E-state index contributed by atoms with van der Waals surface area (Å²) in [5.41, 5.74) is 6.79. The number of carbonyl (C=O) groups excluding carboxylic acids is 1. The highest BCUT2D eigenvalue weighted by Crippen LogP contribution is 2.13. The summed E-state index contributed by atoms with van der Waals surface area (Å²) in [6, 6.07) is 15.6. The van der Waals surface area contributed by atoms with E-state index in [1.807, 2.05) is 30.3 Å². The van der Waals surface area contributed by atoms with Crippen molar-refractivity contribution < 1.29 is 13.2 Å². The number of amides is 1. The van der Waals surface area contributed by atoms with Gasteiger partial charge in [-0.25, -0.2) is 13.6 Å². The number of carbonyl (C=O) groups is 1. The molecule has 10 heteroatoms. The molecule has 0 aliphatic rings. The van der Waals surface area contributed by atoms with Crippen LogP contribution in [0.3, 0.4) is 0 Å². The molecule has 2 rings (SSSR count). The van der Waals surface area contributed by atoms with Gasteiger partial charge in [-0.05, 0) is 42.0 Å². The molecule has 0 fully saturated rings. The van der Waals surface area contributed by atoms with Gasteiger partial charge in [0, 0.05) is 11.4 Å². The third-order valence-electron chi connectivity index (χ3n) is 3.10. The highest BCUT2D eigenvalue weighted by atomic mass is 32.2. The second-order valence-corrected chi connectivity index (χ2v) is 8.13. The van der Waals surface area contributed by atoms with E-state index in [1.165, 1.54) is 36.0 Å². The molecule has 7 nitrogen and oxygen atoms in total. The molecule has 0 aliphatic heterocycles. The second kappa shape index (κ2) is 9.53. The molecule has 0 saturated heterocycles. The molecule has 1 amide bonds. The van der Waals surface area contributed by atoms with Crippen LogP contribution in [0.25, 0.3) is 0 Å². The number of thiocarbonyl (C=S) groups is 1. The first-order chi connectivity index (χ1) is 12.3. The normalized spacial score (nSPS) is 10.8. The van der Waals surface area contributed by atoms with Crippen molar-refractivity contribution >= 4 is 50.7 Å². The standard InChI is InChI=1S/C16H18N4O3S3/c17-26(22,23)14-8-6-13(7-9-14)18-16(24)20-19-15(21)11-25-10-12-4-2-1-3-5-12/h1-9H,10-11H2,(H,19,21)(H2,17,22,23)(H2,18,20,24). The van der Waals surface area contributed by atoms with Crippen molar-refractivity contribution in [3.63, 3.8) is 0 Å². The molecule has 0 radical (unpaired) electrons. The van der Waals surface area contributed by atoms with Gasteiger partial charge in [0.1, 0.15) is 0 Å². The zero-order valence-electron chi connectivity index (χ0n) is 13.6. The second-order valence-electron chi connectivity index (χ2n) is 5.18. The Morgan fingerprint density at radius 2 is 1.69 bits per heavy atom. The van der Waals surface area contributed by atoms with Gasteiger partial charge in [-0.15, -0.1) is 11.8 Å². The third kappa shape index (κ3) is 7.00. The first-order valence-corrected chi connectivity index (χ1v) is 10.6. The number of primary sulfonamides is 1. The Bertz CT molecular complexity index is 856. The lowest BCUT2D eigenvalue weighted by Gasteiger charge is -2.11. The van der Waals surface area contributed by atoms with Crippen molar-refractivity contribution in [2.24, 2.45) is 5.14 Å². The first-order valence-electron chi connectivity index (χ1n) is 7.45. The van der Waals surface area contributed by atoms with Crippen molar-refractivity contribution in [1.82, 2.24) is 10.9 Å². The quantitative estimate of drug-likeness (QED) is 0.422. The van der Waals surface area contributed by atoms with Crippen molar-refractivity contribution in [1.29, 1.82) is 0 Å². The molecule has 5 N–H and O–H groups in total. The van der Waals surface area contributed by atoms with Gasteiger partial charge in [-0.1, -0.05) is 30.3 Å². The Hall–Kier alpha value is -2.14. The first kappa shape index (κ1) is 20.2. The molecular formula is C16H18N4O3S3. The number of nitrogens with one attached hydrogen (secondary N) is 3. The predicted octanol–water partition coefficient (Wildman–Crippen LogP) is 1.58. The average molecular weight is 411 g/mol. The molecule has 0 unspecified atom stereocenters. The smallest absolute Gasteiger partial charge is 0.248 e. The summed E-state index contributed by atoms with van der Waals surface area (Å²) < 4.78 is 22.4. The van der Waals surface area contributed by atoms with Crippen LogP contribution in [-0.2, 0) is 20.6 Å². The minimum Gasteiger partial charge on any atom is -0.331 e. The van der Waals surface area contributed by atoms with E-state index in [0.29, 0.717) is 5.69 Å². The van der Waals surface area contributed by atoms with Gasteiger partial charge in [0.2, 0.25) is 15.9 Å². The lowest BCUT2D eigenvalue weighted by atomic mass is 10.2. The van der Waals surface area contributed by atoms with E-state index in [9.17, 15) is 13.2 Å². The minimum atomic E-state index is -3.73. The van der Waals surface area contributed by atoms with Crippen molar-refractivity contribution in [3.05, 3.63) is 60.2 Å². The van der Waals surface area contributed by atoms with Gasteiger partial charge in [0.25, 0.3) is 0 Å². The molecule has 0 bridgehead atoms. The summed E-state index contributed by atoms with van der Waals surface area (Å²) >= 11 is 6.55. The van der Waals surface area contributed by atoms with Gasteiger partial charge < -0.3 is 5.32 Å². The van der Waals surface area contributed by atoms with E-state index < -0.39 is 10.0 Å². The number of hydrazine groups is 1. The molecule has 2 aromatic rings. The van der Waals surface area contributed by atoms with Crippen LogP contribution in [0.15, 0.2) is 59.5 Å². The lowest BCUT2D eigenvalue weighted by Crippen LogP contribution is -2.44. The van der Waals surface area contributed by atoms with Crippen LogP contribution in [0.2, 0.25) is 0 Å². The van der Waals surface area contributed by atoms with E-state index in [1.54, 1.807) is 0 Å². The Balaban J connectivity index is 1.70. The van der Waals surface area contributed by atoms with Crippen LogP contribution in [0.1, 0.15) is 5.56 Å². The molecule has 0 aliphatic carbocycles. The fourth-order valence-corrected chi connectivity index (χ4v) is 3.36. The minimum absolute atomic E-state index is 0.00525. The maximum atomic E-state index is 11.8. The number of thioether (sulfide) groups is 1. The number of nitrogens with two attached hydrogens (primary N) is 1. The summed E-state index contributed by atoms with van der Waals surface area (Å²) in [5.74, 6) is 0.820. The SMILES string of the molecule is NS(=O)(=O)c1ccc(NC(=S)NNC(=O)CSCc2ccccc2)cc1. The molecule has 0 heterocycles. The fraction of sp³-hybridized carbons (Fsp3) is 0.125. The fourth-order valence-electron chi connectivity index (χ4n) is 1.89. The summed E-state index contributed by atoms with van der Waals surface area (Å²) in [7, 11) is -3.73. The largest absolute Gasteiger partial charge is 0.331 e. The number of hydrogen-bond acceptors (Lipinski definition) is 5. The van der Waals surface area contributed by atoms with Crippen molar-refractivity contribution in [2.75, 3.05) is 11.1 Å². The Kier molecular flexibility index (Phi) is 7.39. The number of rotatable bonds is 6. The van der Waals surface area contributed by atoms with Crippen LogP contribution in [-0.4, -0.2) is 25.2 Å². The molecule has 0 atom stereocenters.